The second-order valence-electron chi connectivity index (χ2n) is 5.68. The van der Waals surface area contributed by atoms with Gasteiger partial charge in [-0.1, -0.05) is 94.3 Å². The normalized spacial score (nSPS) is 11.1. The summed E-state index contributed by atoms with van der Waals surface area (Å²) < 4.78 is 0. The van der Waals surface area contributed by atoms with Crippen molar-refractivity contribution >= 4 is 10.8 Å². The SMILES string of the molecule is CCCCCCCCC[CH]c1cccc2ccccc12. The average Bonchev–Trinajstić information content (AvgIpc) is 2.50. The fraction of sp³-hybridized carbons (Fsp3) is 0.450. The molecule has 0 aromatic heterocycles. The lowest BCUT2D eigenvalue weighted by molar-refractivity contribution is 0.589. The molecular formula is C20H27. The van der Waals surface area contributed by atoms with Gasteiger partial charge in [0, 0.05) is 0 Å². The summed E-state index contributed by atoms with van der Waals surface area (Å²) in [6.45, 7) is 2.28. The van der Waals surface area contributed by atoms with Gasteiger partial charge in [0.2, 0.25) is 0 Å². The molecule has 20 heavy (non-hydrogen) atoms. The van der Waals surface area contributed by atoms with E-state index in [1.165, 1.54) is 67.7 Å². The predicted molar refractivity (Wildman–Crippen MR) is 90.0 cm³/mol. The third-order valence-electron chi connectivity index (χ3n) is 4.00. The second-order valence-corrected chi connectivity index (χ2v) is 5.68. The smallest absolute Gasteiger partial charge is 0.00867 e. The van der Waals surface area contributed by atoms with Gasteiger partial charge in [-0.05, 0) is 29.2 Å². The van der Waals surface area contributed by atoms with E-state index in [2.05, 4.69) is 55.8 Å². The maximum Gasteiger partial charge on any atom is -0.00867 e. The van der Waals surface area contributed by atoms with Crippen LogP contribution in [0.15, 0.2) is 42.5 Å². The molecule has 0 bridgehead atoms. The summed E-state index contributed by atoms with van der Waals surface area (Å²) in [5.41, 5.74) is 1.40. The average molecular weight is 267 g/mol. The summed E-state index contributed by atoms with van der Waals surface area (Å²) in [5.74, 6) is 0. The zero-order valence-corrected chi connectivity index (χ0v) is 12.8. The van der Waals surface area contributed by atoms with Crippen molar-refractivity contribution < 1.29 is 0 Å². The lowest BCUT2D eigenvalue weighted by Gasteiger charge is -2.06. The van der Waals surface area contributed by atoms with Crippen molar-refractivity contribution in [1.82, 2.24) is 0 Å². The third kappa shape index (κ3) is 4.67. The number of benzene rings is 2. The molecule has 0 fully saturated rings. The fourth-order valence-electron chi connectivity index (χ4n) is 2.79. The van der Waals surface area contributed by atoms with Crippen molar-refractivity contribution in [2.75, 3.05) is 0 Å². The Hall–Kier alpha value is -1.30. The van der Waals surface area contributed by atoms with Crippen LogP contribution in [-0.4, -0.2) is 0 Å². The molecule has 0 aliphatic carbocycles. The number of rotatable bonds is 9. The molecule has 0 heteroatoms. The van der Waals surface area contributed by atoms with Crippen molar-refractivity contribution in [2.24, 2.45) is 0 Å². The van der Waals surface area contributed by atoms with Crippen molar-refractivity contribution in [2.45, 2.75) is 58.3 Å². The summed E-state index contributed by atoms with van der Waals surface area (Å²) in [6.07, 6.45) is 13.3. The van der Waals surface area contributed by atoms with Gasteiger partial charge in [-0.2, -0.15) is 0 Å². The van der Waals surface area contributed by atoms with Crippen LogP contribution in [0.5, 0.6) is 0 Å². The van der Waals surface area contributed by atoms with Crippen LogP contribution in [0.3, 0.4) is 0 Å². The Morgan fingerprint density at radius 2 is 1.45 bits per heavy atom. The molecule has 0 nitrogen and oxygen atoms in total. The standard InChI is InChI=1S/C20H27/c1-2-3-4-5-6-7-8-9-13-18-15-12-16-19-14-10-11-17-20(18)19/h10-17H,2-9H2,1H3. The fourth-order valence-corrected chi connectivity index (χ4v) is 2.79. The number of hydrogen-bond acceptors (Lipinski definition) is 0. The lowest BCUT2D eigenvalue weighted by atomic mass is 9.99. The summed E-state index contributed by atoms with van der Waals surface area (Å²) >= 11 is 0. The molecule has 0 atom stereocenters. The topological polar surface area (TPSA) is 0 Å². The number of unbranched alkanes of at least 4 members (excludes halogenated alkanes) is 7. The van der Waals surface area contributed by atoms with Crippen molar-refractivity contribution in [3.63, 3.8) is 0 Å². The lowest BCUT2D eigenvalue weighted by Crippen LogP contribution is -1.86. The molecule has 0 N–H and O–H groups in total. The Morgan fingerprint density at radius 1 is 0.750 bits per heavy atom. The molecule has 0 amide bonds. The Balaban J connectivity index is 1.71. The van der Waals surface area contributed by atoms with Crippen LogP contribution in [0.25, 0.3) is 10.8 Å². The molecule has 107 valence electrons. The Labute approximate surface area is 124 Å². The molecule has 0 heterocycles. The van der Waals surface area contributed by atoms with Crippen LogP contribution in [0.4, 0.5) is 0 Å². The Kier molecular flexibility index (Phi) is 6.63. The molecule has 2 rings (SSSR count). The molecule has 0 aliphatic rings. The molecule has 0 saturated carbocycles. The van der Waals surface area contributed by atoms with Gasteiger partial charge in [0.25, 0.3) is 0 Å². The summed E-state index contributed by atoms with van der Waals surface area (Å²) in [7, 11) is 0. The monoisotopic (exact) mass is 267 g/mol. The van der Waals surface area contributed by atoms with E-state index in [9.17, 15) is 0 Å². The van der Waals surface area contributed by atoms with Gasteiger partial charge in [0.1, 0.15) is 0 Å². The van der Waals surface area contributed by atoms with E-state index in [0.29, 0.717) is 0 Å². The van der Waals surface area contributed by atoms with Crippen LogP contribution in [0, 0.1) is 6.42 Å². The van der Waals surface area contributed by atoms with E-state index in [0.717, 1.165) is 0 Å². The third-order valence-corrected chi connectivity index (χ3v) is 4.00. The highest BCUT2D eigenvalue weighted by molar-refractivity contribution is 5.86. The summed E-state index contributed by atoms with van der Waals surface area (Å²) in [5, 5.41) is 2.73. The first-order chi connectivity index (χ1) is 9.92. The first-order valence-electron chi connectivity index (χ1n) is 8.23. The van der Waals surface area contributed by atoms with Crippen molar-refractivity contribution in [3.05, 3.63) is 54.4 Å². The van der Waals surface area contributed by atoms with E-state index in [1.54, 1.807) is 0 Å². The van der Waals surface area contributed by atoms with Gasteiger partial charge in [0.05, 0.1) is 0 Å². The van der Waals surface area contributed by atoms with Gasteiger partial charge in [-0.15, -0.1) is 0 Å². The highest BCUT2D eigenvalue weighted by Gasteiger charge is 2.00. The van der Waals surface area contributed by atoms with E-state index >= 15 is 0 Å². The summed E-state index contributed by atoms with van der Waals surface area (Å²) in [4.78, 5) is 0. The van der Waals surface area contributed by atoms with E-state index in [-0.39, 0.29) is 0 Å². The van der Waals surface area contributed by atoms with Crippen LogP contribution in [-0.2, 0) is 0 Å². The highest BCUT2D eigenvalue weighted by Crippen LogP contribution is 2.21. The minimum absolute atomic E-state index is 1.21. The molecule has 0 aliphatic heterocycles. The summed E-state index contributed by atoms with van der Waals surface area (Å²) in [6, 6.07) is 15.3. The molecule has 2 aromatic carbocycles. The number of fused-ring (bicyclic) bond motifs is 1. The van der Waals surface area contributed by atoms with Gasteiger partial charge in [0.15, 0.2) is 0 Å². The van der Waals surface area contributed by atoms with Crippen LogP contribution in [0.2, 0.25) is 0 Å². The largest absolute Gasteiger partial charge is 0.0654 e. The molecular weight excluding hydrogens is 240 g/mol. The van der Waals surface area contributed by atoms with E-state index in [4.69, 9.17) is 0 Å². The molecule has 0 spiro atoms. The molecule has 0 saturated heterocycles. The van der Waals surface area contributed by atoms with E-state index in [1.807, 2.05) is 0 Å². The molecule has 2 aromatic rings. The zero-order chi connectivity index (χ0) is 14.0. The highest BCUT2D eigenvalue weighted by atomic mass is 14.0. The predicted octanol–water partition coefficient (Wildman–Crippen LogP) is 6.53. The maximum atomic E-state index is 2.41. The van der Waals surface area contributed by atoms with Gasteiger partial charge in [-0.25, -0.2) is 0 Å². The van der Waals surface area contributed by atoms with Crippen molar-refractivity contribution in [1.29, 1.82) is 0 Å². The van der Waals surface area contributed by atoms with E-state index < -0.39 is 0 Å². The number of hydrogen-bond donors (Lipinski definition) is 0. The molecule has 0 unspecified atom stereocenters. The van der Waals surface area contributed by atoms with Crippen LogP contribution >= 0.6 is 0 Å². The quantitative estimate of drug-likeness (QED) is 0.453. The van der Waals surface area contributed by atoms with Crippen LogP contribution < -0.4 is 0 Å². The van der Waals surface area contributed by atoms with Crippen LogP contribution in [0.1, 0.15) is 63.9 Å². The first kappa shape index (κ1) is 15.1. The van der Waals surface area contributed by atoms with Crippen molar-refractivity contribution in [3.8, 4) is 0 Å². The zero-order valence-electron chi connectivity index (χ0n) is 12.8. The van der Waals surface area contributed by atoms with Gasteiger partial charge >= 0.3 is 0 Å². The minimum atomic E-state index is 1.21. The second kappa shape index (κ2) is 8.79. The minimum Gasteiger partial charge on any atom is -0.0654 e. The van der Waals surface area contributed by atoms with Gasteiger partial charge < -0.3 is 0 Å². The van der Waals surface area contributed by atoms with Gasteiger partial charge in [-0.3, -0.25) is 0 Å². The maximum absolute atomic E-state index is 2.41. The Morgan fingerprint density at radius 3 is 2.30 bits per heavy atom. The molecule has 1 radical (unpaired) electrons. The first-order valence-corrected chi connectivity index (χ1v) is 8.23. The Bertz CT molecular complexity index is 493.